The maximum absolute atomic E-state index is 11.0. The minimum atomic E-state index is -4.15. The number of rotatable bonds is 12. The average molecular weight is 334 g/mol. The van der Waals surface area contributed by atoms with Gasteiger partial charge in [-0.1, -0.05) is 19.9 Å². The van der Waals surface area contributed by atoms with E-state index in [-0.39, 0.29) is 5.75 Å². The van der Waals surface area contributed by atoms with Gasteiger partial charge in [-0.05, 0) is 19.8 Å². The number of nitrogens with two attached hydrogens (primary N) is 1. The highest BCUT2D eigenvalue weighted by molar-refractivity contribution is 7.85. The van der Waals surface area contributed by atoms with Crippen molar-refractivity contribution in [2.24, 2.45) is 5.73 Å². The molecule has 0 aliphatic heterocycles. The molecule has 130 valence electrons. The zero-order valence-electron chi connectivity index (χ0n) is 14.0. The molecule has 0 radical (unpaired) electrons. The third-order valence-corrected chi connectivity index (χ3v) is 4.65. The lowest BCUT2D eigenvalue weighted by Gasteiger charge is -2.38. The summed E-state index contributed by atoms with van der Waals surface area (Å²) in [5, 5.41) is 0. The maximum Gasteiger partial charge on any atom is 0.244 e. The molecule has 0 saturated carbocycles. The summed E-state index contributed by atoms with van der Waals surface area (Å²) in [6, 6.07) is 0. The van der Waals surface area contributed by atoms with Gasteiger partial charge in [0.05, 0.1) is 36.3 Å². The molecule has 6 nitrogen and oxygen atoms in total. The molecule has 0 aromatic heterocycles. The van der Waals surface area contributed by atoms with E-state index in [9.17, 15) is 17.8 Å². The molecule has 0 unspecified atom stereocenters. The van der Waals surface area contributed by atoms with Crippen LogP contribution in [0.5, 0.6) is 0 Å². The summed E-state index contributed by atoms with van der Waals surface area (Å²) in [5.41, 5.74) is 5.77. The molecule has 0 rings (SSSR count). The average Bonchev–Trinajstić information content (AvgIpc) is 2.37. The summed E-state index contributed by atoms with van der Waals surface area (Å²) in [4.78, 5) is 11.0. The molecule has 0 aromatic rings. The van der Waals surface area contributed by atoms with Crippen LogP contribution in [0.4, 0.5) is 0 Å². The number of quaternary nitrogens is 1. The van der Waals surface area contributed by atoms with Gasteiger partial charge in [0.15, 0.2) is 0 Å². The third-order valence-electron chi connectivity index (χ3n) is 3.87. The smallest absolute Gasteiger partial charge is 0.244 e. The van der Waals surface area contributed by atoms with Crippen LogP contribution in [0.15, 0.2) is 11.6 Å². The predicted molar refractivity (Wildman–Crippen MR) is 87.1 cm³/mol. The lowest BCUT2D eigenvalue weighted by Crippen LogP contribution is -2.50. The van der Waals surface area contributed by atoms with E-state index in [2.05, 4.69) is 13.8 Å². The van der Waals surface area contributed by atoms with E-state index in [4.69, 9.17) is 5.73 Å². The van der Waals surface area contributed by atoms with Gasteiger partial charge in [-0.3, -0.25) is 4.79 Å². The Hall–Kier alpha value is -0.920. The Balaban J connectivity index is 4.83. The third kappa shape index (κ3) is 9.17. The molecule has 0 fully saturated rings. The lowest BCUT2D eigenvalue weighted by atomic mass is 10.1. The van der Waals surface area contributed by atoms with Crippen molar-refractivity contribution in [2.45, 2.75) is 46.5 Å². The summed E-state index contributed by atoms with van der Waals surface area (Å²) in [6.07, 6.45) is 4.92. The molecule has 0 bridgehead atoms. The minimum absolute atomic E-state index is 0.309. The van der Waals surface area contributed by atoms with Crippen molar-refractivity contribution in [3.05, 3.63) is 11.6 Å². The standard InChI is InChI=1S/C15H30N2O4S/c1-4-9-17(10-5-2,12-7-13-22(19,20)21)11-6-8-14(3)15(16)18/h8H,4-7,9-13H2,1-3H3,(H2-,16,18,19,20,21). The van der Waals surface area contributed by atoms with Crippen LogP contribution in [-0.2, 0) is 14.9 Å². The van der Waals surface area contributed by atoms with Crippen molar-refractivity contribution in [2.75, 3.05) is 31.9 Å². The molecular weight excluding hydrogens is 304 g/mol. The Morgan fingerprint density at radius 1 is 1.14 bits per heavy atom. The molecular formula is C15H30N2O4S. The number of primary amides is 1. The zero-order valence-corrected chi connectivity index (χ0v) is 14.8. The Bertz CT molecular complexity index is 466. The van der Waals surface area contributed by atoms with Gasteiger partial charge in [-0.2, -0.15) is 0 Å². The van der Waals surface area contributed by atoms with Gasteiger partial charge < -0.3 is 14.8 Å². The Kier molecular flexibility index (Phi) is 9.55. The van der Waals surface area contributed by atoms with E-state index >= 15 is 0 Å². The molecule has 0 aromatic carbocycles. The van der Waals surface area contributed by atoms with Crippen molar-refractivity contribution in [3.8, 4) is 0 Å². The van der Waals surface area contributed by atoms with Crippen LogP contribution in [0, 0.1) is 0 Å². The largest absolute Gasteiger partial charge is 0.748 e. The second-order valence-electron chi connectivity index (χ2n) is 5.89. The van der Waals surface area contributed by atoms with E-state index in [0.717, 1.165) is 43.4 Å². The van der Waals surface area contributed by atoms with Gasteiger partial charge in [-0.15, -0.1) is 0 Å². The molecule has 1 amide bonds. The monoisotopic (exact) mass is 334 g/mol. The highest BCUT2D eigenvalue weighted by Crippen LogP contribution is 2.14. The van der Waals surface area contributed by atoms with Gasteiger partial charge in [0, 0.05) is 24.2 Å². The first-order valence-electron chi connectivity index (χ1n) is 7.91. The number of nitrogens with zero attached hydrogens (tertiary/aromatic N) is 1. The molecule has 0 atom stereocenters. The van der Waals surface area contributed by atoms with Crippen molar-refractivity contribution >= 4 is 16.0 Å². The van der Waals surface area contributed by atoms with Crippen molar-refractivity contribution in [1.82, 2.24) is 0 Å². The first-order valence-corrected chi connectivity index (χ1v) is 9.48. The van der Waals surface area contributed by atoms with Gasteiger partial charge in [-0.25, -0.2) is 8.42 Å². The van der Waals surface area contributed by atoms with Crippen LogP contribution in [0.3, 0.4) is 0 Å². The molecule has 7 heteroatoms. The molecule has 2 N–H and O–H groups in total. The number of carbonyl (C=O) groups excluding carboxylic acids is 1. The van der Waals surface area contributed by atoms with E-state index in [0.29, 0.717) is 18.5 Å². The molecule has 0 saturated heterocycles. The van der Waals surface area contributed by atoms with Crippen LogP contribution in [0.25, 0.3) is 0 Å². The fourth-order valence-electron chi connectivity index (χ4n) is 2.85. The first kappa shape index (κ1) is 21.1. The van der Waals surface area contributed by atoms with Gasteiger partial charge in [0.25, 0.3) is 0 Å². The van der Waals surface area contributed by atoms with Crippen molar-refractivity contribution < 1.29 is 22.2 Å². The van der Waals surface area contributed by atoms with Gasteiger partial charge >= 0.3 is 0 Å². The van der Waals surface area contributed by atoms with E-state index < -0.39 is 16.0 Å². The van der Waals surface area contributed by atoms with Gasteiger partial charge in [0.1, 0.15) is 0 Å². The quantitative estimate of drug-likeness (QED) is 0.331. The highest BCUT2D eigenvalue weighted by Gasteiger charge is 2.24. The zero-order chi connectivity index (χ0) is 17.2. The summed E-state index contributed by atoms with van der Waals surface area (Å²) < 4.78 is 33.1. The summed E-state index contributed by atoms with van der Waals surface area (Å²) in [5.74, 6) is -0.724. The normalized spacial score (nSPS) is 13.4. The maximum atomic E-state index is 11.0. The fraction of sp³-hybridized carbons (Fsp3) is 0.800. The second-order valence-corrected chi connectivity index (χ2v) is 7.42. The van der Waals surface area contributed by atoms with Gasteiger partial charge in [0.2, 0.25) is 5.91 Å². The number of hydrogen-bond donors (Lipinski definition) is 1. The molecule has 0 aliphatic carbocycles. The van der Waals surface area contributed by atoms with Crippen LogP contribution >= 0.6 is 0 Å². The lowest BCUT2D eigenvalue weighted by molar-refractivity contribution is -0.928. The van der Waals surface area contributed by atoms with Crippen LogP contribution < -0.4 is 5.73 Å². The summed E-state index contributed by atoms with van der Waals surface area (Å²) in [7, 11) is -4.15. The number of amides is 1. The van der Waals surface area contributed by atoms with E-state index in [1.165, 1.54) is 0 Å². The predicted octanol–water partition coefficient (Wildman–Crippen LogP) is 1.38. The Labute approximate surface area is 134 Å². The van der Waals surface area contributed by atoms with E-state index in [1.54, 1.807) is 6.92 Å². The van der Waals surface area contributed by atoms with Crippen LogP contribution in [-0.4, -0.2) is 55.3 Å². The van der Waals surface area contributed by atoms with Crippen LogP contribution in [0.2, 0.25) is 0 Å². The summed E-state index contributed by atoms with van der Waals surface area (Å²) >= 11 is 0. The Morgan fingerprint density at radius 3 is 2.09 bits per heavy atom. The van der Waals surface area contributed by atoms with Crippen LogP contribution in [0.1, 0.15) is 46.5 Å². The Morgan fingerprint density at radius 2 is 1.68 bits per heavy atom. The van der Waals surface area contributed by atoms with Crippen molar-refractivity contribution in [1.29, 1.82) is 0 Å². The molecule has 0 aliphatic rings. The second kappa shape index (κ2) is 9.97. The van der Waals surface area contributed by atoms with E-state index in [1.807, 2.05) is 6.08 Å². The van der Waals surface area contributed by atoms with Crippen molar-refractivity contribution in [3.63, 3.8) is 0 Å². The molecule has 22 heavy (non-hydrogen) atoms. The topological polar surface area (TPSA) is 100 Å². The first-order chi connectivity index (χ1) is 10.2. The SMILES string of the molecule is CCC[N+](CCC)(CCC=C(C)C(N)=O)CCCS(=O)(=O)[O-]. The summed E-state index contributed by atoms with van der Waals surface area (Å²) in [6.45, 7) is 9.26. The molecule has 0 spiro atoms. The number of carbonyl (C=O) groups is 1. The fourth-order valence-corrected chi connectivity index (χ4v) is 3.33. The molecule has 0 heterocycles. The minimum Gasteiger partial charge on any atom is -0.748 e. The highest BCUT2D eigenvalue weighted by atomic mass is 32.2. The number of hydrogen-bond acceptors (Lipinski definition) is 4.